The first kappa shape index (κ1) is 14.0. The first-order valence-electron chi connectivity index (χ1n) is 4.34. The lowest BCUT2D eigenvalue weighted by molar-refractivity contribution is -0.133. The van der Waals surface area contributed by atoms with Crippen LogP contribution in [0.4, 0.5) is 0 Å². The Bertz CT molecular complexity index is 231. The van der Waals surface area contributed by atoms with Crippen molar-refractivity contribution < 1.29 is 30.0 Å². The van der Waals surface area contributed by atoms with E-state index in [-0.39, 0.29) is 0 Å². The zero-order valence-electron chi connectivity index (χ0n) is 8.25. The number of carbonyl (C=O) groups excluding carboxylic acids is 2. The summed E-state index contributed by atoms with van der Waals surface area (Å²) in [6.07, 6.45) is -5.22. The van der Waals surface area contributed by atoms with Crippen molar-refractivity contribution in [1.82, 2.24) is 5.32 Å². The molecule has 7 nitrogen and oxygen atoms in total. The fourth-order valence-electron chi connectivity index (χ4n) is 0.922. The van der Waals surface area contributed by atoms with Gasteiger partial charge in [0.2, 0.25) is 11.8 Å². The van der Waals surface area contributed by atoms with E-state index in [0.29, 0.717) is 0 Å². The van der Waals surface area contributed by atoms with Gasteiger partial charge in [-0.15, -0.1) is 0 Å². The van der Waals surface area contributed by atoms with Crippen LogP contribution in [0.15, 0.2) is 0 Å². The molecule has 7 heteroatoms. The number of aliphatic hydroxyl groups excluding tert-OH is 4. The predicted octanol–water partition coefficient (Wildman–Crippen LogP) is -2.89. The molecule has 0 fully saturated rings. The molecule has 0 bridgehead atoms. The van der Waals surface area contributed by atoms with E-state index in [0.717, 1.165) is 6.92 Å². The summed E-state index contributed by atoms with van der Waals surface area (Å²) >= 11 is 0. The van der Waals surface area contributed by atoms with Gasteiger partial charge in [0, 0.05) is 6.92 Å². The maximum Gasteiger partial charge on any atom is 0.229 e. The Morgan fingerprint density at radius 3 is 2.13 bits per heavy atom. The number of hydrogen-bond acceptors (Lipinski definition) is 6. The molecule has 0 aromatic carbocycles. The SMILES string of the molecule is CC(=O)NC(=O)C[C@@H](O)[C@@H](O)[C@H](O)CO. The van der Waals surface area contributed by atoms with E-state index in [4.69, 9.17) is 15.3 Å². The first-order chi connectivity index (χ1) is 6.88. The second-order valence-corrected chi connectivity index (χ2v) is 3.12. The lowest BCUT2D eigenvalue weighted by Gasteiger charge is -2.20. The third-order valence-electron chi connectivity index (χ3n) is 1.69. The lowest BCUT2D eigenvalue weighted by Crippen LogP contribution is -2.42. The number of amides is 2. The molecule has 0 aliphatic heterocycles. The standard InChI is InChI=1S/C8H15NO6/c1-4(11)9-7(14)2-5(12)8(15)6(13)3-10/h5-6,8,10,12-13,15H,2-3H2,1H3,(H,9,11,14)/t5-,6-,8-/m1/s1. The molecule has 0 aromatic rings. The molecule has 0 unspecified atom stereocenters. The Balaban J connectivity index is 4.06. The van der Waals surface area contributed by atoms with Crippen molar-refractivity contribution in [2.45, 2.75) is 31.7 Å². The molecule has 0 rings (SSSR count). The van der Waals surface area contributed by atoms with Gasteiger partial charge in [-0.05, 0) is 0 Å². The first-order valence-corrected chi connectivity index (χ1v) is 4.34. The average Bonchev–Trinajstić information content (AvgIpc) is 2.13. The summed E-state index contributed by atoms with van der Waals surface area (Å²) in [6.45, 7) is 0.399. The highest BCUT2D eigenvalue weighted by Crippen LogP contribution is 2.03. The van der Waals surface area contributed by atoms with E-state index in [9.17, 15) is 14.7 Å². The van der Waals surface area contributed by atoms with Gasteiger partial charge in [-0.3, -0.25) is 14.9 Å². The molecule has 5 N–H and O–H groups in total. The monoisotopic (exact) mass is 221 g/mol. The van der Waals surface area contributed by atoms with Gasteiger partial charge in [0.05, 0.1) is 19.1 Å². The Kier molecular flexibility index (Phi) is 6.02. The quantitative estimate of drug-likeness (QED) is 0.339. The second-order valence-electron chi connectivity index (χ2n) is 3.12. The summed E-state index contributed by atoms with van der Waals surface area (Å²) in [6, 6.07) is 0. The highest BCUT2D eigenvalue weighted by molar-refractivity contribution is 5.94. The minimum atomic E-state index is -1.63. The number of imide groups is 1. The molecule has 88 valence electrons. The molecule has 0 spiro atoms. The van der Waals surface area contributed by atoms with Gasteiger partial charge in [0.25, 0.3) is 0 Å². The maximum atomic E-state index is 10.9. The summed E-state index contributed by atoms with van der Waals surface area (Å²) < 4.78 is 0. The predicted molar refractivity (Wildman–Crippen MR) is 48.5 cm³/mol. The molecule has 0 aliphatic rings. The summed E-state index contributed by atoms with van der Waals surface area (Å²) in [4.78, 5) is 21.4. The summed E-state index contributed by atoms with van der Waals surface area (Å²) in [5.74, 6) is -1.34. The average molecular weight is 221 g/mol. The number of aliphatic hydroxyl groups is 4. The molecule has 0 radical (unpaired) electrons. The lowest BCUT2D eigenvalue weighted by atomic mass is 10.1. The van der Waals surface area contributed by atoms with E-state index < -0.39 is 43.2 Å². The molecule has 15 heavy (non-hydrogen) atoms. The third-order valence-corrected chi connectivity index (χ3v) is 1.69. The number of nitrogens with one attached hydrogen (secondary N) is 1. The van der Waals surface area contributed by atoms with Crippen molar-refractivity contribution in [2.75, 3.05) is 6.61 Å². The molecule has 3 atom stereocenters. The van der Waals surface area contributed by atoms with E-state index in [1.165, 1.54) is 0 Å². The maximum absolute atomic E-state index is 10.9. The summed E-state index contributed by atoms with van der Waals surface area (Å²) in [5.41, 5.74) is 0. The summed E-state index contributed by atoms with van der Waals surface area (Å²) in [5, 5.41) is 37.6. The molecular weight excluding hydrogens is 206 g/mol. The molecular formula is C8H15NO6. The van der Waals surface area contributed by atoms with Crippen molar-refractivity contribution in [2.24, 2.45) is 0 Å². The van der Waals surface area contributed by atoms with Crippen molar-refractivity contribution in [3.63, 3.8) is 0 Å². The van der Waals surface area contributed by atoms with E-state index in [2.05, 4.69) is 0 Å². The van der Waals surface area contributed by atoms with Crippen LogP contribution in [0, 0.1) is 0 Å². The molecule has 0 aliphatic carbocycles. The summed E-state index contributed by atoms with van der Waals surface area (Å²) in [7, 11) is 0. The van der Waals surface area contributed by atoms with Crippen LogP contribution in [0.5, 0.6) is 0 Å². The molecule has 0 heterocycles. The van der Waals surface area contributed by atoms with Crippen LogP contribution in [0.25, 0.3) is 0 Å². The minimum absolute atomic E-state index is 0.530. The number of hydrogen-bond donors (Lipinski definition) is 5. The Labute approximate surface area is 86.3 Å². The van der Waals surface area contributed by atoms with Crippen molar-refractivity contribution in [3.05, 3.63) is 0 Å². The van der Waals surface area contributed by atoms with Crippen LogP contribution in [0.1, 0.15) is 13.3 Å². The van der Waals surface area contributed by atoms with Gasteiger partial charge in [0.1, 0.15) is 12.2 Å². The second kappa shape index (κ2) is 6.46. The van der Waals surface area contributed by atoms with Gasteiger partial charge in [-0.2, -0.15) is 0 Å². The van der Waals surface area contributed by atoms with Gasteiger partial charge in [-0.1, -0.05) is 0 Å². The number of carbonyl (C=O) groups is 2. The molecule has 0 aromatic heterocycles. The largest absolute Gasteiger partial charge is 0.394 e. The smallest absolute Gasteiger partial charge is 0.229 e. The van der Waals surface area contributed by atoms with Crippen LogP contribution >= 0.6 is 0 Å². The minimum Gasteiger partial charge on any atom is -0.394 e. The topological polar surface area (TPSA) is 127 Å². The normalized spacial score (nSPS) is 16.6. The van der Waals surface area contributed by atoms with Gasteiger partial charge < -0.3 is 20.4 Å². The Morgan fingerprint density at radius 1 is 1.20 bits per heavy atom. The van der Waals surface area contributed by atoms with E-state index in [1.807, 2.05) is 5.32 Å². The fourth-order valence-corrected chi connectivity index (χ4v) is 0.922. The van der Waals surface area contributed by atoms with Gasteiger partial charge in [-0.25, -0.2) is 0 Å². The highest BCUT2D eigenvalue weighted by Gasteiger charge is 2.26. The molecule has 0 saturated carbocycles. The van der Waals surface area contributed by atoms with Crippen LogP contribution in [-0.2, 0) is 9.59 Å². The molecule has 0 saturated heterocycles. The third kappa shape index (κ3) is 5.43. The van der Waals surface area contributed by atoms with Gasteiger partial charge >= 0.3 is 0 Å². The van der Waals surface area contributed by atoms with E-state index in [1.54, 1.807) is 0 Å². The van der Waals surface area contributed by atoms with Crippen molar-refractivity contribution in [1.29, 1.82) is 0 Å². The fraction of sp³-hybridized carbons (Fsp3) is 0.750. The molecule has 2 amide bonds. The Hall–Kier alpha value is -1.02. The van der Waals surface area contributed by atoms with Crippen LogP contribution in [-0.4, -0.2) is 57.2 Å². The zero-order valence-corrected chi connectivity index (χ0v) is 8.25. The van der Waals surface area contributed by atoms with Crippen molar-refractivity contribution >= 4 is 11.8 Å². The van der Waals surface area contributed by atoms with E-state index >= 15 is 0 Å². The van der Waals surface area contributed by atoms with Crippen molar-refractivity contribution in [3.8, 4) is 0 Å². The Morgan fingerprint density at radius 2 is 1.73 bits per heavy atom. The van der Waals surface area contributed by atoms with Gasteiger partial charge in [0.15, 0.2) is 0 Å². The number of rotatable bonds is 5. The van der Waals surface area contributed by atoms with Crippen LogP contribution in [0.2, 0.25) is 0 Å². The van der Waals surface area contributed by atoms with Crippen LogP contribution < -0.4 is 5.32 Å². The van der Waals surface area contributed by atoms with Crippen LogP contribution in [0.3, 0.4) is 0 Å². The zero-order chi connectivity index (χ0) is 12.0. The highest BCUT2D eigenvalue weighted by atomic mass is 16.4.